The Morgan fingerprint density at radius 1 is 1.18 bits per heavy atom. The van der Waals surface area contributed by atoms with Crippen LogP contribution in [-0.2, 0) is 10.0 Å². The molecule has 1 aliphatic rings. The number of carbonyl (C=O) groups excluding carboxylic acids is 1. The van der Waals surface area contributed by atoms with Gasteiger partial charge in [0.05, 0.1) is 23.7 Å². The van der Waals surface area contributed by atoms with E-state index in [4.69, 9.17) is 11.6 Å². The van der Waals surface area contributed by atoms with Gasteiger partial charge >= 0.3 is 0 Å². The summed E-state index contributed by atoms with van der Waals surface area (Å²) in [7, 11) is -2.21. The second-order valence-corrected chi connectivity index (χ2v) is 6.93. The fourth-order valence-electron chi connectivity index (χ4n) is 2.30. The van der Waals surface area contributed by atoms with Crippen LogP contribution in [0.4, 0.5) is 17.2 Å². The van der Waals surface area contributed by atoms with E-state index in [2.05, 4.69) is 9.97 Å². The Morgan fingerprint density at radius 2 is 1.86 bits per heavy atom. The topological polar surface area (TPSA) is 83.5 Å². The monoisotopic (exact) mass is 338 g/mol. The molecule has 22 heavy (non-hydrogen) atoms. The van der Waals surface area contributed by atoms with Crippen molar-refractivity contribution in [1.82, 2.24) is 9.97 Å². The molecule has 1 aromatic heterocycles. The molecule has 2 heterocycles. The number of halogens is 1. The second-order valence-electron chi connectivity index (χ2n) is 4.76. The molecular weight excluding hydrogens is 328 g/mol. The van der Waals surface area contributed by atoms with Gasteiger partial charge in [-0.1, -0.05) is 12.1 Å². The number of nitrogens with zero attached hydrogens (tertiary/aromatic N) is 4. The number of para-hydroxylation sites is 1. The molecule has 9 heteroatoms. The van der Waals surface area contributed by atoms with E-state index in [9.17, 15) is 13.2 Å². The van der Waals surface area contributed by atoms with Crippen molar-refractivity contribution >= 4 is 44.7 Å². The van der Waals surface area contributed by atoms with Gasteiger partial charge in [0.2, 0.25) is 15.3 Å². The first-order valence-electron chi connectivity index (χ1n) is 6.20. The van der Waals surface area contributed by atoms with Crippen molar-refractivity contribution in [3.8, 4) is 0 Å². The molecule has 0 atom stereocenters. The van der Waals surface area contributed by atoms with E-state index in [1.807, 2.05) is 0 Å². The number of sulfonamides is 1. The van der Waals surface area contributed by atoms with Crippen LogP contribution in [0.25, 0.3) is 0 Å². The Balaban J connectivity index is 2.44. The standard InChI is InChI=1S/C13H11ClN4O3S/c1-17-10-7-15-13(14)16-11(10)18(22(2,20)21)9-6-4-3-5-8(9)12(17)19/h3-7H,1-2H3. The van der Waals surface area contributed by atoms with Gasteiger partial charge in [0, 0.05) is 7.05 Å². The number of fused-ring (bicyclic) bond motifs is 2. The van der Waals surface area contributed by atoms with Crippen molar-refractivity contribution in [1.29, 1.82) is 0 Å². The molecule has 0 spiro atoms. The zero-order chi connectivity index (χ0) is 16.1. The van der Waals surface area contributed by atoms with Crippen molar-refractivity contribution in [2.75, 3.05) is 22.5 Å². The largest absolute Gasteiger partial charge is 0.307 e. The summed E-state index contributed by atoms with van der Waals surface area (Å²) >= 11 is 5.81. The lowest BCUT2D eigenvalue weighted by Gasteiger charge is -2.22. The molecule has 1 aromatic carbocycles. The minimum Gasteiger partial charge on any atom is -0.307 e. The number of hydrogen-bond acceptors (Lipinski definition) is 5. The first-order chi connectivity index (χ1) is 10.3. The number of hydrogen-bond donors (Lipinski definition) is 0. The van der Waals surface area contributed by atoms with Gasteiger partial charge in [-0.3, -0.25) is 4.79 Å². The summed E-state index contributed by atoms with van der Waals surface area (Å²) < 4.78 is 25.6. The molecule has 0 saturated carbocycles. The van der Waals surface area contributed by atoms with Crippen LogP contribution in [0.15, 0.2) is 30.5 Å². The molecule has 3 rings (SSSR count). The molecule has 0 fully saturated rings. The third-order valence-corrected chi connectivity index (χ3v) is 4.48. The van der Waals surface area contributed by atoms with E-state index in [-0.39, 0.29) is 33.9 Å². The average Bonchev–Trinajstić information content (AvgIpc) is 2.53. The smallest absolute Gasteiger partial charge is 0.260 e. The molecule has 0 N–H and O–H groups in total. The van der Waals surface area contributed by atoms with E-state index in [0.29, 0.717) is 0 Å². The van der Waals surface area contributed by atoms with Gasteiger partial charge in [-0.15, -0.1) is 0 Å². The normalized spacial score (nSPS) is 14.4. The maximum Gasteiger partial charge on any atom is 0.260 e. The summed E-state index contributed by atoms with van der Waals surface area (Å²) in [5.41, 5.74) is 0.746. The van der Waals surface area contributed by atoms with E-state index in [1.54, 1.807) is 24.3 Å². The van der Waals surface area contributed by atoms with Crippen LogP contribution >= 0.6 is 11.6 Å². The van der Waals surface area contributed by atoms with Crippen LogP contribution in [0.1, 0.15) is 10.4 Å². The SMILES string of the molecule is CN1C(=O)c2ccccc2N(S(C)(=O)=O)c2nc(Cl)ncc21. The van der Waals surface area contributed by atoms with Gasteiger partial charge in [-0.2, -0.15) is 4.98 Å². The zero-order valence-corrected chi connectivity index (χ0v) is 13.3. The Hall–Kier alpha value is -2.19. The Morgan fingerprint density at radius 3 is 2.55 bits per heavy atom. The molecule has 0 unspecified atom stereocenters. The summed E-state index contributed by atoms with van der Waals surface area (Å²) in [5, 5.41) is -0.104. The van der Waals surface area contributed by atoms with Gasteiger partial charge in [0.15, 0.2) is 5.82 Å². The van der Waals surface area contributed by atoms with E-state index >= 15 is 0 Å². The molecule has 0 bridgehead atoms. The summed E-state index contributed by atoms with van der Waals surface area (Å²) in [4.78, 5) is 21.7. The van der Waals surface area contributed by atoms with Gasteiger partial charge in [-0.05, 0) is 23.7 Å². The molecule has 0 aliphatic carbocycles. The minimum atomic E-state index is -3.73. The van der Waals surface area contributed by atoms with Crippen LogP contribution in [-0.4, -0.2) is 37.6 Å². The Bertz CT molecular complexity index is 885. The van der Waals surface area contributed by atoms with Crippen LogP contribution in [0.2, 0.25) is 5.28 Å². The highest BCUT2D eigenvalue weighted by Crippen LogP contribution is 2.40. The van der Waals surface area contributed by atoms with Crippen LogP contribution in [0.3, 0.4) is 0 Å². The quantitative estimate of drug-likeness (QED) is 0.740. The fraction of sp³-hybridized carbons (Fsp3) is 0.154. The second kappa shape index (κ2) is 4.92. The molecule has 1 aliphatic heterocycles. The van der Waals surface area contributed by atoms with Gasteiger partial charge < -0.3 is 4.90 Å². The highest BCUT2D eigenvalue weighted by molar-refractivity contribution is 7.92. The number of carbonyl (C=O) groups is 1. The molecule has 7 nitrogen and oxygen atoms in total. The highest BCUT2D eigenvalue weighted by atomic mass is 35.5. The van der Waals surface area contributed by atoms with Crippen molar-refractivity contribution in [2.45, 2.75) is 0 Å². The average molecular weight is 339 g/mol. The maximum atomic E-state index is 12.6. The Kier molecular flexibility index (Phi) is 3.30. The number of amides is 1. The molecule has 114 valence electrons. The lowest BCUT2D eigenvalue weighted by Crippen LogP contribution is -2.26. The summed E-state index contributed by atoms with van der Waals surface area (Å²) in [6.45, 7) is 0. The summed E-state index contributed by atoms with van der Waals surface area (Å²) in [6, 6.07) is 6.43. The summed E-state index contributed by atoms with van der Waals surface area (Å²) in [5.74, 6) is -0.308. The highest BCUT2D eigenvalue weighted by Gasteiger charge is 2.34. The molecular formula is C13H11ClN4O3S. The van der Waals surface area contributed by atoms with E-state index in [0.717, 1.165) is 10.6 Å². The predicted octanol–water partition coefficient (Wildman–Crippen LogP) is 1.82. The van der Waals surface area contributed by atoms with E-state index in [1.165, 1.54) is 18.1 Å². The number of anilines is 3. The van der Waals surface area contributed by atoms with Crippen LogP contribution in [0.5, 0.6) is 0 Å². The van der Waals surface area contributed by atoms with Crippen molar-refractivity contribution in [2.24, 2.45) is 0 Å². The summed E-state index contributed by atoms with van der Waals surface area (Å²) in [6.07, 6.45) is 2.37. The van der Waals surface area contributed by atoms with Crippen LogP contribution < -0.4 is 9.21 Å². The van der Waals surface area contributed by atoms with E-state index < -0.39 is 10.0 Å². The first kappa shape index (κ1) is 14.7. The Labute approximate surface area is 132 Å². The maximum absolute atomic E-state index is 12.6. The minimum absolute atomic E-state index is 0.0447. The lowest BCUT2D eigenvalue weighted by atomic mass is 10.1. The van der Waals surface area contributed by atoms with Crippen molar-refractivity contribution < 1.29 is 13.2 Å². The van der Waals surface area contributed by atoms with Crippen molar-refractivity contribution in [3.05, 3.63) is 41.3 Å². The van der Waals surface area contributed by atoms with Gasteiger partial charge in [-0.25, -0.2) is 17.7 Å². The number of benzene rings is 1. The van der Waals surface area contributed by atoms with Gasteiger partial charge in [0.25, 0.3) is 5.91 Å². The van der Waals surface area contributed by atoms with Gasteiger partial charge in [0.1, 0.15) is 5.69 Å². The predicted molar refractivity (Wildman–Crippen MR) is 83.2 cm³/mol. The lowest BCUT2D eigenvalue weighted by molar-refractivity contribution is 0.0994. The fourth-order valence-corrected chi connectivity index (χ4v) is 3.40. The first-order valence-corrected chi connectivity index (χ1v) is 8.43. The molecule has 1 amide bonds. The third-order valence-electron chi connectivity index (χ3n) is 3.26. The molecule has 0 radical (unpaired) electrons. The van der Waals surface area contributed by atoms with Crippen LogP contribution in [0, 0.1) is 0 Å². The molecule has 2 aromatic rings. The van der Waals surface area contributed by atoms with Crippen molar-refractivity contribution in [3.63, 3.8) is 0 Å². The number of rotatable bonds is 1. The zero-order valence-electron chi connectivity index (χ0n) is 11.7. The third kappa shape index (κ3) is 2.20. The molecule has 0 saturated heterocycles. The number of aromatic nitrogens is 2.